The summed E-state index contributed by atoms with van der Waals surface area (Å²) >= 11 is 0. The fourth-order valence-corrected chi connectivity index (χ4v) is 2.76. The Labute approximate surface area is 131 Å². The quantitative estimate of drug-likeness (QED) is 0.941. The lowest BCUT2D eigenvalue weighted by atomic mass is 9.85. The molecule has 0 saturated carbocycles. The van der Waals surface area contributed by atoms with Crippen LogP contribution >= 0.6 is 12.4 Å². The summed E-state index contributed by atoms with van der Waals surface area (Å²) in [6, 6.07) is 3.78. The Bertz CT molecular complexity index is 540. The SMILES string of the molecule is CC(Cc1nc(-c2ccncc2)no1)C1CCCNC1.Cl. The van der Waals surface area contributed by atoms with E-state index in [1.807, 2.05) is 12.1 Å². The van der Waals surface area contributed by atoms with Crippen LogP contribution in [0, 0.1) is 11.8 Å². The molecule has 2 aromatic heterocycles. The second-order valence-electron chi connectivity index (χ2n) is 5.54. The molecule has 0 bridgehead atoms. The second-order valence-corrected chi connectivity index (χ2v) is 5.54. The summed E-state index contributed by atoms with van der Waals surface area (Å²) in [5, 5.41) is 7.51. The molecule has 0 radical (unpaired) electrons. The monoisotopic (exact) mass is 308 g/mol. The van der Waals surface area contributed by atoms with Crippen molar-refractivity contribution in [2.45, 2.75) is 26.2 Å². The summed E-state index contributed by atoms with van der Waals surface area (Å²) in [6.45, 7) is 4.52. The third-order valence-corrected chi connectivity index (χ3v) is 4.04. The van der Waals surface area contributed by atoms with Crippen molar-refractivity contribution in [2.24, 2.45) is 11.8 Å². The van der Waals surface area contributed by atoms with E-state index in [4.69, 9.17) is 4.52 Å². The van der Waals surface area contributed by atoms with Gasteiger partial charge >= 0.3 is 0 Å². The number of hydrogen-bond acceptors (Lipinski definition) is 5. The Morgan fingerprint density at radius 1 is 1.38 bits per heavy atom. The van der Waals surface area contributed by atoms with Crippen LogP contribution in [0.4, 0.5) is 0 Å². The van der Waals surface area contributed by atoms with Gasteiger partial charge < -0.3 is 9.84 Å². The number of nitrogens with one attached hydrogen (secondary N) is 1. The van der Waals surface area contributed by atoms with Crippen LogP contribution in [0.5, 0.6) is 0 Å². The highest BCUT2D eigenvalue weighted by molar-refractivity contribution is 5.85. The topological polar surface area (TPSA) is 63.8 Å². The lowest BCUT2D eigenvalue weighted by molar-refractivity contribution is 0.257. The lowest BCUT2D eigenvalue weighted by Gasteiger charge is -2.27. The van der Waals surface area contributed by atoms with Crippen molar-refractivity contribution in [1.29, 1.82) is 0 Å². The van der Waals surface area contributed by atoms with E-state index in [0.29, 0.717) is 17.7 Å². The molecule has 0 aromatic carbocycles. The summed E-state index contributed by atoms with van der Waals surface area (Å²) in [4.78, 5) is 8.48. The Balaban J connectivity index is 0.00000161. The van der Waals surface area contributed by atoms with Gasteiger partial charge in [-0.1, -0.05) is 12.1 Å². The van der Waals surface area contributed by atoms with E-state index in [2.05, 4.69) is 27.4 Å². The van der Waals surface area contributed by atoms with Crippen molar-refractivity contribution >= 4 is 12.4 Å². The van der Waals surface area contributed by atoms with Gasteiger partial charge in [-0.05, 0) is 49.9 Å². The third-order valence-electron chi connectivity index (χ3n) is 4.04. The largest absolute Gasteiger partial charge is 0.339 e. The van der Waals surface area contributed by atoms with E-state index >= 15 is 0 Å². The highest BCUT2D eigenvalue weighted by atomic mass is 35.5. The van der Waals surface area contributed by atoms with Gasteiger partial charge in [-0.2, -0.15) is 4.98 Å². The molecular weight excluding hydrogens is 288 g/mol. The maximum absolute atomic E-state index is 5.38. The molecule has 1 fully saturated rings. The maximum Gasteiger partial charge on any atom is 0.227 e. The van der Waals surface area contributed by atoms with E-state index in [1.54, 1.807) is 12.4 Å². The number of hydrogen-bond donors (Lipinski definition) is 1. The minimum Gasteiger partial charge on any atom is -0.339 e. The molecule has 3 rings (SSSR count). The van der Waals surface area contributed by atoms with Gasteiger partial charge in [-0.25, -0.2) is 0 Å². The highest BCUT2D eigenvalue weighted by Crippen LogP contribution is 2.23. The number of pyridine rings is 1. The molecule has 3 heterocycles. The summed E-state index contributed by atoms with van der Waals surface area (Å²) in [5.74, 6) is 2.65. The molecule has 21 heavy (non-hydrogen) atoms. The molecule has 114 valence electrons. The van der Waals surface area contributed by atoms with E-state index < -0.39 is 0 Å². The fourth-order valence-electron chi connectivity index (χ4n) is 2.76. The minimum atomic E-state index is 0. The molecule has 2 atom stereocenters. The van der Waals surface area contributed by atoms with Crippen LogP contribution in [0.2, 0.25) is 0 Å². The molecule has 1 N–H and O–H groups in total. The van der Waals surface area contributed by atoms with E-state index in [1.165, 1.54) is 12.8 Å². The molecule has 0 amide bonds. The Morgan fingerprint density at radius 2 is 2.19 bits per heavy atom. The molecule has 6 heteroatoms. The summed E-state index contributed by atoms with van der Waals surface area (Å²) in [5.41, 5.74) is 0.946. The van der Waals surface area contributed by atoms with Gasteiger partial charge in [-0.3, -0.25) is 4.98 Å². The predicted octanol–water partition coefficient (Wildman–Crippen LogP) is 2.73. The van der Waals surface area contributed by atoms with Gasteiger partial charge in [0.15, 0.2) is 0 Å². The van der Waals surface area contributed by atoms with Crippen molar-refractivity contribution in [2.75, 3.05) is 13.1 Å². The Kier molecular flexibility index (Phi) is 5.70. The number of aromatic nitrogens is 3. The zero-order valence-corrected chi connectivity index (χ0v) is 13.0. The third kappa shape index (κ3) is 4.02. The van der Waals surface area contributed by atoms with Gasteiger partial charge in [0.25, 0.3) is 0 Å². The first kappa shape index (κ1) is 15.9. The zero-order chi connectivity index (χ0) is 13.8. The molecule has 1 saturated heterocycles. The number of piperidine rings is 1. The van der Waals surface area contributed by atoms with Crippen LogP contribution in [-0.4, -0.2) is 28.2 Å². The molecular formula is C15H21ClN4O. The van der Waals surface area contributed by atoms with Crippen molar-refractivity contribution in [3.05, 3.63) is 30.4 Å². The smallest absolute Gasteiger partial charge is 0.227 e. The van der Waals surface area contributed by atoms with Gasteiger partial charge in [0.05, 0.1) is 0 Å². The first-order chi connectivity index (χ1) is 9.83. The number of halogens is 1. The lowest BCUT2D eigenvalue weighted by Crippen LogP contribution is -2.33. The van der Waals surface area contributed by atoms with E-state index in [0.717, 1.165) is 31.0 Å². The molecule has 0 aliphatic carbocycles. The normalized spacial score (nSPS) is 19.8. The number of nitrogens with zero attached hydrogens (tertiary/aromatic N) is 3. The van der Waals surface area contributed by atoms with Crippen LogP contribution in [0.15, 0.2) is 29.0 Å². The molecule has 2 aromatic rings. The Hall–Kier alpha value is -1.46. The molecule has 2 unspecified atom stereocenters. The average molecular weight is 309 g/mol. The van der Waals surface area contributed by atoms with Crippen molar-refractivity contribution in [3.8, 4) is 11.4 Å². The van der Waals surface area contributed by atoms with Crippen molar-refractivity contribution in [3.63, 3.8) is 0 Å². The maximum atomic E-state index is 5.38. The van der Waals surface area contributed by atoms with Crippen LogP contribution in [0.25, 0.3) is 11.4 Å². The zero-order valence-electron chi connectivity index (χ0n) is 12.2. The second kappa shape index (κ2) is 7.52. The first-order valence-electron chi connectivity index (χ1n) is 7.26. The Morgan fingerprint density at radius 3 is 2.90 bits per heavy atom. The molecule has 5 nitrogen and oxygen atoms in total. The van der Waals surface area contributed by atoms with Gasteiger partial charge in [0.1, 0.15) is 0 Å². The van der Waals surface area contributed by atoms with E-state index in [9.17, 15) is 0 Å². The predicted molar refractivity (Wildman–Crippen MR) is 83.2 cm³/mol. The van der Waals surface area contributed by atoms with Gasteiger partial charge in [-0.15, -0.1) is 12.4 Å². The van der Waals surface area contributed by atoms with Gasteiger partial charge in [0, 0.05) is 24.4 Å². The molecule has 0 spiro atoms. The van der Waals surface area contributed by atoms with Crippen molar-refractivity contribution in [1.82, 2.24) is 20.4 Å². The van der Waals surface area contributed by atoms with Crippen LogP contribution in [0.1, 0.15) is 25.7 Å². The standard InChI is InChI=1S/C15H20N4O.ClH/c1-11(13-3-2-6-17-10-13)9-14-18-15(19-20-14)12-4-7-16-8-5-12;/h4-5,7-8,11,13,17H,2-3,6,9-10H2,1H3;1H. The van der Waals surface area contributed by atoms with Crippen LogP contribution in [0.3, 0.4) is 0 Å². The summed E-state index contributed by atoms with van der Waals surface area (Å²) in [7, 11) is 0. The van der Waals surface area contributed by atoms with Crippen LogP contribution < -0.4 is 5.32 Å². The van der Waals surface area contributed by atoms with Crippen molar-refractivity contribution < 1.29 is 4.52 Å². The summed E-state index contributed by atoms with van der Waals surface area (Å²) < 4.78 is 5.38. The first-order valence-corrected chi connectivity index (χ1v) is 7.26. The fraction of sp³-hybridized carbons (Fsp3) is 0.533. The average Bonchev–Trinajstić information content (AvgIpc) is 2.97. The van der Waals surface area contributed by atoms with Crippen LogP contribution in [-0.2, 0) is 6.42 Å². The van der Waals surface area contributed by atoms with Gasteiger partial charge in [0.2, 0.25) is 11.7 Å². The molecule has 1 aliphatic rings. The van der Waals surface area contributed by atoms with E-state index in [-0.39, 0.29) is 12.4 Å². The number of rotatable bonds is 4. The summed E-state index contributed by atoms with van der Waals surface area (Å²) in [6.07, 6.45) is 6.88. The minimum absolute atomic E-state index is 0. The highest BCUT2D eigenvalue weighted by Gasteiger charge is 2.22. The molecule has 1 aliphatic heterocycles.